The fourth-order valence-electron chi connectivity index (χ4n) is 3.20. The molecule has 3 heterocycles. The normalized spacial score (nSPS) is 15.9. The van der Waals surface area contributed by atoms with Gasteiger partial charge in [-0.15, -0.1) is 0 Å². The van der Waals surface area contributed by atoms with Crippen molar-refractivity contribution in [3.05, 3.63) is 46.4 Å². The van der Waals surface area contributed by atoms with Gasteiger partial charge in [-0.2, -0.15) is 5.10 Å². The molecule has 2 aromatic rings. The van der Waals surface area contributed by atoms with Crippen LogP contribution in [0.3, 0.4) is 0 Å². The average molecular weight is 329 g/mol. The third-order valence-electron chi connectivity index (χ3n) is 4.52. The standard InChI is InChI=1S/C17H23N5O2/c1-12(2)16-18-7-10-22(16)11-13-5-8-21(9-6-13)17(24)14-3-4-15(23)20-19-14/h3-4,7,10,12-13H,5-6,8-9,11H2,1-2H3,(H,20,23). The molecule has 7 heteroatoms. The van der Waals surface area contributed by atoms with Gasteiger partial charge < -0.3 is 9.47 Å². The molecular formula is C17H23N5O2. The summed E-state index contributed by atoms with van der Waals surface area (Å²) >= 11 is 0. The van der Waals surface area contributed by atoms with Crippen LogP contribution in [0.25, 0.3) is 0 Å². The van der Waals surface area contributed by atoms with Crippen LogP contribution < -0.4 is 5.56 Å². The third-order valence-corrected chi connectivity index (χ3v) is 4.52. The minimum Gasteiger partial charge on any atom is -0.337 e. The van der Waals surface area contributed by atoms with Crippen molar-refractivity contribution in [3.63, 3.8) is 0 Å². The molecule has 1 N–H and O–H groups in total. The number of imidazole rings is 1. The van der Waals surface area contributed by atoms with Gasteiger partial charge in [-0.1, -0.05) is 13.8 Å². The molecule has 128 valence electrons. The number of carbonyl (C=O) groups is 1. The van der Waals surface area contributed by atoms with Crippen LogP contribution in [0.15, 0.2) is 29.3 Å². The molecule has 1 amide bonds. The predicted octanol–water partition coefficient (Wildman–Crippen LogP) is 1.64. The molecule has 7 nitrogen and oxygen atoms in total. The number of hydrogen-bond acceptors (Lipinski definition) is 4. The van der Waals surface area contributed by atoms with E-state index < -0.39 is 0 Å². The summed E-state index contributed by atoms with van der Waals surface area (Å²) in [4.78, 5) is 29.7. The fourth-order valence-corrected chi connectivity index (χ4v) is 3.20. The van der Waals surface area contributed by atoms with Gasteiger partial charge in [0.2, 0.25) is 0 Å². The van der Waals surface area contributed by atoms with Crippen molar-refractivity contribution in [2.45, 2.75) is 39.2 Å². The highest BCUT2D eigenvalue weighted by atomic mass is 16.2. The van der Waals surface area contributed by atoms with Crippen molar-refractivity contribution in [1.82, 2.24) is 24.6 Å². The Labute approximate surface area is 140 Å². The van der Waals surface area contributed by atoms with Crippen molar-refractivity contribution < 1.29 is 4.79 Å². The molecule has 0 aromatic carbocycles. The van der Waals surface area contributed by atoms with Crippen LogP contribution in [-0.4, -0.2) is 43.6 Å². The Morgan fingerprint density at radius 1 is 1.33 bits per heavy atom. The summed E-state index contributed by atoms with van der Waals surface area (Å²) in [6.45, 7) is 6.69. The van der Waals surface area contributed by atoms with Gasteiger partial charge in [0.1, 0.15) is 11.5 Å². The maximum Gasteiger partial charge on any atom is 0.274 e. The van der Waals surface area contributed by atoms with Gasteiger partial charge in [0.05, 0.1) is 0 Å². The molecule has 1 aliphatic heterocycles. The van der Waals surface area contributed by atoms with E-state index in [1.54, 1.807) is 0 Å². The Balaban J connectivity index is 1.57. The Morgan fingerprint density at radius 2 is 2.08 bits per heavy atom. The van der Waals surface area contributed by atoms with Gasteiger partial charge in [-0.25, -0.2) is 10.1 Å². The van der Waals surface area contributed by atoms with Gasteiger partial charge in [-0.3, -0.25) is 9.59 Å². The van der Waals surface area contributed by atoms with Gasteiger partial charge >= 0.3 is 0 Å². The molecule has 0 spiro atoms. The van der Waals surface area contributed by atoms with E-state index in [2.05, 4.69) is 33.6 Å². The Kier molecular flexibility index (Phi) is 4.78. The Bertz CT molecular complexity index is 736. The van der Waals surface area contributed by atoms with Gasteiger partial charge in [0, 0.05) is 44.0 Å². The zero-order chi connectivity index (χ0) is 17.1. The number of rotatable bonds is 4. The highest BCUT2D eigenvalue weighted by molar-refractivity contribution is 5.92. The molecule has 0 unspecified atom stereocenters. The summed E-state index contributed by atoms with van der Waals surface area (Å²) in [6, 6.07) is 2.81. The van der Waals surface area contributed by atoms with E-state index in [4.69, 9.17) is 0 Å². The second-order valence-electron chi connectivity index (χ2n) is 6.63. The molecule has 0 saturated carbocycles. The van der Waals surface area contributed by atoms with E-state index in [1.807, 2.05) is 17.3 Å². The first kappa shape index (κ1) is 16.4. The van der Waals surface area contributed by atoms with Gasteiger partial charge in [0.25, 0.3) is 11.5 Å². The first-order valence-electron chi connectivity index (χ1n) is 8.40. The summed E-state index contributed by atoms with van der Waals surface area (Å²) in [7, 11) is 0. The molecule has 1 aliphatic rings. The molecule has 0 bridgehead atoms. The minimum atomic E-state index is -0.299. The van der Waals surface area contributed by atoms with Crippen LogP contribution in [0.4, 0.5) is 0 Å². The molecule has 0 radical (unpaired) electrons. The summed E-state index contributed by atoms with van der Waals surface area (Å²) in [5.41, 5.74) is -0.00343. The number of amides is 1. The Morgan fingerprint density at radius 3 is 2.71 bits per heavy atom. The lowest BCUT2D eigenvalue weighted by molar-refractivity contribution is 0.0675. The second-order valence-corrected chi connectivity index (χ2v) is 6.63. The smallest absolute Gasteiger partial charge is 0.274 e. The molecule has 3 rings (SSSR count). The lowest BCUT2D eigenvalue weighted by Gasteiger charge is -2.32. The molecule has 0 atom stereocenters. The molecular weight excluding hydrogens is 306 g/mol. The number of aromatic amines is 1. The van der Waals surface area contributed by atoms with Gasteiger partial charge in [0.15, 0.2) is 0 Å². The largest absolute Gasteiger partial charge is 0.337 e. The lowest BCUT2D eigenvalue weighted by Crippen LogP contribution is -2.40. The molecule has 1 fully saturated rings. The van der Waals surface area contributed by atoms with E-state index in [-0.39, 0.29) is 11.5 Å². The summed E-state index contributed by atoms with van der Waals surface area (Å²) in [5, 5.41) is 6.13. The van der Waals surface area contributed by atoms with E-state index in [0.29, 0.717) is 17.5 Å². The monoisotopic (exact) mass is 329 g/mol. The zero-order valence-corrected chi connectivity index (χ0v) is 14.1. The number of nitrogens with zero attached hydrogens (tertiary/aromatic N) is 4. The number of piperidine rings is 1. The van der Waals surface area contributed by atoms with Crippen LogP contribution in [0.2, 0.25) is 0 Å². The topological polar surface area (TPSA) is 83.9 Å². The predicted molar refractivity (Wildman–Crippen MR) is 89.8 cm³/mol. The number of H-pyrrole nitrogens is 1. The number of nitrogens with one attached hydrogen (secondary N) is 1. The van der Waals surface area contributed by atoms with Crippen molar-refractivity contribution in [2.24, 2.45) is 5.92 Å². The van der Waals surface area contributed by atoms with Crippen LogP contribution in [0.1, 0.15) is 48.9 Å². The number of carbonyl (C=O) groups excluding carboxylic acids is 1. The van der Waals surface area contributed by atoms with E-state index in [9.17, 15) is 9.59 Å². The summed E-state index contributed by atoms with van der Waals surface area (Å²) in [5.74, 6) is 1.96. The van der Waals surface area contributed by atoms with Gasteiger partial charge in [-0.05, 0) is 24.8 Å². The minimum absolute atomic E-state index is 0.116. The van der Waals surface area contributed by atoms with Crippen LogP contribution >= 0.6 is 0 Å². The number of aromatic nitrogens is 4. The zero-order valence-electron chi connectivity index (χ0n) is 14.1. The van der Waals surface area contributed by atoms with E-state index >= 15 is 0 Å². The summed E-state index contributed by atoms with van der Waals surface area (Å²) in [6.07, 6.45) is 5.82. The first-order valence-corrected chi connectivity index (χ1v) is 8.40. The second kappa shape index (κ2) is 6.98. The number of hydrogen-bond donors (Lipinski definition) is 1. The van der Waals surface area contributed by atoms with E-state index in [1.165, 1.54) is 12.1 Å². The van der Waals surface area contributed by atoms with Crippen molar-refractivity contribution in [1.29, 1.82) is 0 Å². The third kappa shape index (κ3) is 3.55. The van der Waals surface area contributed by atoms with E-state index in [0.717, 1.165) is 38.3 Å². The van der Waals surface area contributed by atoms with Crippen molar-refractivity contribution >= 4 is 5.91 Å². The maximum atomic E-state index is 12.4. The highest BCUT2D eigenvalue weighted by Gasteiger charge is 2.25. The van der Waals surface area contributed by atoms with Crippen LogP contribution in [0.5, 0.6) is 0 Å². The first-order chi connectivity index (χ1) is 11.5. The van der Waals surface area contributed by atoms with Crippen LogP contribution in [0, 0.1) is 5.92 Å². The van der Waals surface area contributed by atoms with Crippen molar-refractivity contribution in [2.75, 3.05) is 13.1 Å². The highest BCUT2D eigenvalue weighted by Crippen LogP contribution is 2.22. The molecule has 0 aliphatic carbocycles. The van der Waals surface area contributed by atoms with Crippen LogP contribution in [-0.2, 0) is 6.54 Å². The maximum absolute atomic E-state index is 12.4. The number of likely N-dealkylation sites (tertiary alicyclic amines) is 1. The lowest BCUT2D eigenvalue weighted by atomic mass is 9.96. The molecule has 1 saturated heterocycles. The fraction of sp³-hybridized carbons (Fsp3) is 0.529. The Hall–Kier alpha value is -2.44. The summed E-state index contributed by atoms with van der Waals surface area (Å²) < 4.78 is 2.23. The molecule has 24 heavy (non-hydrogen) atoms. The quantitative estimate of drug-likeness (QED) is 0.924. The average Bonchev–Trinajstić information content (AvgIpc) is 3.04. The van der Waals surface area contributed by atoms with Crippen molar-refractivity contribution in [3.8, 4) is 0 Å². The SMILES string of the molecule is CC(C)c1nccn1CC1CCN(C(=O)c2ccc(=O)[nH]n2)CC1. The molecule has 2 aromatic heterocycles.